The number of hydrogen-bond donors (Lipinski definition) is 4. The molecule has 9 atom stereocenters. The number of benzene rings is 4. The predicted octanol–water partition coefficient (Wildman–Crippen LogP) is 3.50. The van der Waals surface area contributed by atoms with Crippen molar-refractivity contribution in [2.24, 2.45) is 0 Å². The molecule has 4 N–H and O–H groups in total. The topological polar surface area (TPSA) is 146 Å². The Morgan fingerprint density at radius 3 is 1.41 bits per heavy atom. The zero-order valence-corrected chi connectivity index (χ0v) is 28.3. The first-order valence-electron chi connectivity index (χ1n) is 17.2. The van der Waals surface area contributed by atoms with Gasteiger partial charge in [0, 0.05) is 0 Å². The highest BCUT2D eigenvalue weighted by Gasteiger charge is 2.58. The monoisotopic (exact) mass is 702 g/mol. The van der Waals surface area contributed by atoms with Gasteiger partial charge in [0.1, 0.15) is 49.3 Å². The van der Waals surface area contributed by atoms with Gasteiger partial charge in [-0.25, -0.2) is 0 Å². The maximum Gasteiger partial charge on any atom is 0.221 e. The molecule has 272 valence electrons. The standard InChI is InChI=1S/C40H46O11/c41-21-32-34(43)38(48-25-31-19-11-4-12-20-31)40(27-42,51-32)49-26-33-35(45-22-28-13-5-1-6-14-28)36(46-23-29-15-7-2-8-16-29)37(39(44)50-33)47-24-30-17-9-3-10-18-30/h1-20,32-39,41-44H,21-27H2/t32-,33-,34-,35-,36+,37+,38+,39+,40-/m1/s1. The van der Waals surface area contributed by atoms with Gasteiger partial charge in [-0.15, -0.1) is 0 Å². The van der Waals surface area contributed by atoms with Crippen molar-refractivity contribution in [3.8, 4) is 0 Å². The molecule has 0 radical (unpaired) electrons. The van der Waals surface area contributed by atoms with E-state index in [1.807, 2.05) is 121 Å². The normalized spacial score (nSPS) is 29.3. The zero-order chi connectivity index (χ0) is 35.5. The van der Waals surface area contributed by atoms with Gasteiger partial charge in [-0.2, -0.15) is 0 Å². The van der Waals surface area contributed by atoms with Crippen molar-refractivity contribution in [3.63, 3.8) is 0 Å². The third-order valence-corrected chi connectivity index (χ3v) is 9.11. The summed E-state index contributed by atoms with van der Waals surface area (Å²) in [5.74, 6) is -1.87. The van der Waals surface area contributed by atoms with Crippen LogP contribution < -0.4 is 0 Å². The Hall–Kier alpha value is -3.56. The van der Waals surface area contributed by atoms with Crippen molar-refractivity contribution in [3.05, 3.63) is 144 Å². The van der Waals surface area contributed by atoms with Crippen LogP contribution in [0.2, 0.25) is 0 Å². The molecule has 6 rings (SSSR count). The molecule has 2 aliphatic rings. The van der Waals surface area contributed by atoms with E-state index in [0.717, 1.165) is 22.3 Å². The van der Waals surface area contributed by atoms with E-state index in [9.17, 15) is 20.4 Å². The van der Waals surface area contributed by atoms with Gasteiger partial charge < -0.3 is 53.6 Å². The number of aliphatic hydroxyl groups is 4. The number of rotatable bonds is 17. The van der Waals surface area contributed by atoms with Crippen LogP contribution in [0.3, 0.4) is 0 Å². The molecule has 0 amide bonds. The Morgan fingerprint density at radius 1 is 0.529 bits per heavy atom. The van der Waals surface area contributed by atoms with Gasteiger partial charge in [0.2, 0.25) is 5.79 Å². The van der Waals surface area contributed by atoms with Crippen molar-refractivity contribution >= 4 is 0 Å². The second kappa shape index (κ2) is 18.3. The molecule has 2 saturated heterocycles. The fourth-order valence-electron chi connectivity index (χ4n) is 6.39. The summed E-state index contributed by atoms with van der Waals surface area (Å²) in [5.41, 5.74) is 3.55. The summed E-state index contributed by atoms with van der Waals surface area (Å²) in [6, 6.07) is 38.2. The van der Waals surface area contributed by atoms with E-state index in [2.05, 4.69) is 0 Å². The number of hydrogen-bond acceptors (Lipinski definition) is 11. The van der Waals surface area contributed by atoms with Gasteiger partial charge in [0.05, 0.1) is 39.6 Å². The van der Waals surface area contributed by atoms with Crippen molar-refractivity contribution < 1.29 is 53.6 Å². The van der Waals surface area contributed by atoms with E-state index in [1.54, 1.807) is 0 Å². The highest BCUT2D eigenvalue weighted by Crippen LogP contribution is 2.37. The van der Waals surface area contributed by atoms with Gasteiger partial charge >= 0.3 is 0 Å². The molecule has 0 spiro atoms. The van der Waals surface area contributed by atoms with E-state index in [1.165, 1.54) is 0 Å². The van der Waals surface area contributed by atoms with E-state index >= 15 is 0 Å². The van der Waals surface area contributed by atoms with Crippen LogP contribution >= 0.6 is 0 Å². The summed E-state index contributed by atoms with van der Waals surface area (Å²) < 4.78 is 43.9. The minimum Gasteiger partial charge on any atom is -0.394 e. The van der Waals surface area contributed by atoms with Crippen LogP contribution in [0.25, 0.3) is 0 Å². The lowest BCUT2D eigenvalue weighted by molar-refractivity contribution is -0.339. The van der Waals surface area contributed by atoms with Crippen LogP contribution in [0, 0.1) is 0 Å². The van der Waals surface area contributed by atoms with Crippen molar-refractivity contribution in [2.45, 2.75) is 81.2 Å². The summed E-state index contributed by atoms with van der Waals surface area (Å²) in [5, 5.41) is 43.3. The van der Waals surface area contributed by atoms with Crippen LogP contribution in [-0.2, 0) is 59.6 Å². The maximum atomic E-state index is 11.5. The van der Waals surface area contributed by atoms with Crippen LogP contribution in [-0.4, -0.2) is 95.1 Å². The van der Waals surface area contributed by atoms with Gasteiger partial charge in [-0.1, -0.05) is 121 Å². The van der Waals surface area contributed by atoms with E-state index in [-0.39, 0.29) is 33.0 Å². The quantitative estimate of drug-likeness (QED) is 0.128. The van der Waals surface area contributed by atoms with E-state index in [4.69, 9.17) is 33.2 Å². The molecule has 4 aromatic carbocycles. The smallest absolute Gasteiger partial charge is 0.221 e. The zero-order valence-electron chi connectivity index (χ0n) is 28.3. The third kappa shape index (κ3) is 9.46. The maximum absolute atomic E-state index is 11.5. The minimum absolute atomic E-state index is 0.0898. The highest BCUT2D eigenvalue weighted by atomic mass is 16.8. The van der Waals surface area contributed by atoms with Crippen LogP contribution in [0.5, 0.6) is 0 Å². The summed E-state index contributed by atoms with van der Waals surface area (Å²) in [6.45, 7) is -0.849. The molecule has 0 aromatic heterocycles. The molecule has 2 fully saturated rings. The number of aliphatic hydroxyl groups excluding tert-OH is 4. The largest absolute Gasteiger partial charge is 0.394 e. The van der Waals surface area contributed by atoms with Crippen molar-refractivity contribution in [1.82, 2.24) is 0 Å². The molecule has 0 bridgehead atoms. The fourth-order valence-corrected chi connectivity index (χ4v) is 6.39. The lowest BCUT2D eigenvalue weighted by Gasteiger charge is -2.45. The minimum atomic E-state index is -1.87. The van der Waals surface area contributed by atoms with Gasteiger partial charge in [-0.05, 0) is 22.3 Å². The lowest BCUT2D eigenvalue weighted by Crippen LogP contribution is -2.62. The summed E-state index contributed by atoms with van der Waals surface area (Å²) in [4.78, 5) is 0. The van der Waals surface area contributed by atoms with E-state index < -0.39 is 68.0 Å². The number of ether oxygens (including phenoxy) is 7. The molecule has 2 aliphatic heterocycles. The second-order valence-corrected chi connectivity index (χ2v) is 12.7. The first kappa shape index (κ1) is 37.2. The average Bonchev–Trinajstić information content (AvgIpc) is 3.46. The molecular weight excluding hydrogens is 656 g/mol. The Bertz CT molecular complexity index is 1560. The average molecular weight is 703 g/mol. The summed E-state index contributed by atoms with van der Waals surface area (Å²) in [6.07, 6.45) is -8.64. The molecule has 2 heterocycles. The SMILES string of the molecule is OC[C@H]1O[C@@](CO)(OC[C@H]2O[C@H](O)[C@@H](OCc3ccccc3)[C@@H](OCc3ccccc3)[C@@H]2OCc2ccccc2)[C@@H](OCc2ccccc2)[C@@H]1O. The first-order chi connectivity index (χ1) is 25.0. The Labute approximate surface area is 297 Å². The van der Waals surface area contributed by atoms with Crippen LogP contribution in [0.4, 0.5) is 0 Å². The van der Waals surface area contributed by atoms with Gasteiger partial charge in [-0.3, -0.25) is 0 Å². The van der Waals surface area contributed by atoms with Crippen molar-refractivity contribution in [2.75, 3.05) is 19.8 Å². The van der Waals surface area contributed by atoms with Crippen LogP contribution in [0.1, 0.15) is 22.3 Å². The molecule has 0 aliphatic carbocycles. The highest BCUT2D eigenvalue weighted by molar-refractivity contribution is 5.16. The third-order valence-electron chi connectivity index (χ3n) is 9.11. The Balaban J connectivity index is 1.26. The molecule has 0 unspecified atom stereocenters. The lowest BCUT2D eigenvalue weighted by atomic mass is 9.97. The van der Waals surface area contributed by atoms with Gasteiger partial charge in [0.25, 0.3) is 0 Å². The molecular formula is C40H46O11. The molecule has 11 nitrogen and oxygen atoms in total. The fraction of sp³-hybridized carbons (Fsp3) is 0.400. The Kier molecular flexibility index (Phi) is 13.3. The van der Waals surface area contributed by atoms with Gasteiger partial charge in [0.15, 0.2) is 6.29 Å². The Morgan fingerprint density at radius 2 is 0.961 bits per heavy atom. The van der Waals surface area contributed by atoms with Crippen molar-refractivity contribution in [1.29, 1.82) is 0 Å². The van der Waals surface area contributed by atoms with Crippen LogP contribution in [0.15, 0.2) is 121 Å². The predicted molar refractivity (Wildman–Crippen MR) is 185 cm³/mol. The molecule has 51 heavy (non-hydrogen) atoms. The summed E-state index contributed by atoms with van der Waals surface area (Å²) >= 11 is 0. The first-order valence-corrected chi connectivity index (χ1v) is 17.2. The summed E-state index contributed by atoms with van der Waals surface area (Å²) in [7, 11) is 0. The molecule has 0 saturated carbocycles. The van der Waals surface area contributed by atoms with E-state index in [0.29, 0.717) is 0 Å². The molecule has 4 aromatic rings. The molecule has 11 heteroatoms. The second-order valence-electron chi connectivity index (χ2n) is 12.7.